The molecule has 1 saturated carbocycles. The molecule has 0 unspecified atom stereocenters. The first-order valence-electron chi connectivity index (χ1n) is 6.48. The second-order valence-corrected chi connectivity index (χ2v) is 4.90. The number of nitrogen functional groups attached to an aromatic ring is 1. The number of benzene rings is 1. The Kier molecular flexibility index (Phi) is 3.75. The zero-order valence-electron chi connectivity index (χ0n) is 11.1. The Hall–Kier alpha value is -1.71. The maximum atomic E-state index is 12.3. The van der Waals surface area contributed by atoms with Crippen LogP contribution >= 0.6 is 0 Å². The van der Waals surface area contributed by atoms with E-state index in [1.54, 1.807) is 4.90 Å². The van der Waals surface area contributed by atoms with Crippen molar-refractivity contribution in [3.63, 3.8) is 0 Å². The predicted octanol–water partition coefficient (Wildman–Crippen LogP) is 2.30. The molecule has 1 aromatic rings. The molecule has 2 rings (SSSR count). The molecule has 4 heteroatoms. The Morgan fingerprint density at radius 3 is 2.44 bits per heavy atom. The highest BCUT2D eigenvalue weighted by molar-refractivity contribution is 5.74. The van der Waals surface area contributed by atoms with Gasteiger partial charge in [-0.25, -0.2) is 4.79 Å². The summed E-state index contributed by atoms with van der Waals surface area (Å²) in [6.07, 6.45) is 2.25. The standard InChI is InChI=1S/C14H21N3O/c1-3-16(2)14(18)17(13-8-9-13)10-11-4-6-12(15)7-5-11/h4-7,13H,3,8-10,15H2,1-2H3. The summed E-state index contributed by atoms with van der Waals surface area (Å²) >= 11 is 0. The van der Waals surface area contributed by atoms with Crippen LogP contribution in [0.5, 0.6) is 0 Å². The van der Waals surface area contributed by atoms with Crippen LogP contribution in [0.3, 0.4) is 0 Å². The molecule has 98 valence electrons. The highest BCUT2D eigenvalue weighted by Gasteiger charge is 2.33. The fourth-order valence-corrected chi connectivity index (χ4v) is 1.91. The van der Waals surface area contributed by atoms with Crippen LogP contribution < -0.4 is 5.73 Å². The van der Waals surface area contributed by atoms with Gasteiger partial charge in [-0.3, -0.25) is 0 Å². The van der Waals surface area contributed by atoms with E-state index >= 15 is 0 Å². The predicted molar refractivity (Wildman–Crippen MR) is 73.1 cm³/mol. The Labute approximate surface area is 108 Å². The van der Waals surface area contributed by atoms with Crippen molar-refractivity contribution in [2.45, 2.75) is 32.4 Å². The van der Waals surface area contributed by atoms with Crippen molar-refractivity contribution < 1.29 is 4.79 Å². The van der Waals surface area contributed by atoms with Crippen molar-refractivity contribution in [2.75, 3.05) is 19.3 Å². The van der Waals surface area contributed by atoms with Crippen molar-refractivity contribution >= 4 is 11.7 Å². The molecule has 0 spiro atoms. The molecule has 0 heterocycles. The van der Waals surface area contributed by atoms with E-state index in [-0.39, 0.29) is 6.03 Å². The average molecular weight is 247 g/mol. The minimum Gasteiger partial charge on any atom is -0.399 e. The first-order chi connectivity index (χ1) is 8.61. The van der Waals surface area contributed by atoms with Gasteiger partial charge in [0.25, 0.3) is 0 Å². The number of hydrogen-bond acceptors (Lipinski definition) is 2. The van der Waals surface area contributed by atoms with Gasteiger partial charge in [-0.1, -0.05) is 12.1 Å². The van der Waals surface area contributed by atoms with Crippen LogP contribution in [-0.4, -0.2) is 35.5 Å². The van der Waals surface area contributed by atoms with Gasteiger partial charge in [0.05, 0.1) is 0 Å². The Bertz CT molecular complexity index is 412. The van der Waals surface area contributed by atoms with Crippen molar-refractivity contribution in [1.82, 2.24) is 9.80 Å². The van der Waals surface area contributed by atoms with E-state index in [9.17, 15) is 4.79 Å². The molecule has 0 radical (unpaired) electrons. The fraction of sp³-hybridized carbons (Fsp3) is 0.500. The molecule has 1 aromatic carbocycles. The summed E-state index contributed by atoms with van der Waals surface area (Å²) in [4.78, 5) is 16.0. The smallest absolute Gasteiger partial charge is 0.320 e. The first-order valence-corrected chi connectivity index (χ1v) is 6.48. The molecule has 0 aromatic heterocycles. The summed E-state index contributed by atoms with van der Waals surface area (Å²) in [6.45, 7) is 3.41. The van der Waals surface area contributed by atoms with Gasteiger partial charge >= 0.3 is 6.03 Å². The Morgan fingerprint density at radius 1 is 1.33 bits per heavy atom. The van der Waals surface area contributed by atoms with Crippen LogP contribution in [0.15, 0.2) is 24.3 Å². The number of anilines is 1. The summed E-state index contributed by atoms with van der Waals surface area (Å²) in [5.74, 6) is 0. The third-order valence-corrected chi connectivity index (χ3v) is 3.37. The lowest BCUT2D eigenvalue weighted by Gasteiger charge is -2.27. The molecule has 1 aliphatic carbocycles. The largest absolute Gasteiger partial charge is 0.399 e. The van der Waals surface area contributed by atoms with E-state index in [4.69, 9.17) is 5.73 Å². The van der Waals surface area contributed by atoms with Crippen LogP contribution in [0, 0.1) is 0 Å². The van der Waals surface area contributed by atoms with E-state index < -0.39 is 0 Å². The van der Waals surface area contributed by atoms with E-state index in [1.165, 1.54) is 0 Å². The summed E-state index contributed by atoms with van der Waals surface area (Å²) in [5.41, 5.74) is 7.56. The summed E-state index contributed by atoms with van der Waals surface area (Å²) in [6, 6.07) is 8.29. The lowest BCUT2D eigenvalue weighted by atomic mass is 10.2. The molecule has 2 N–H and O–H groups in total. The van der Waals surface area contributed by atoms with Gasteiger partial charge in [0.2, 0.25) is 0 Å². The van der Waals surface area contributed by atoms with E-state index in [2.05, 4.69) is 0 Å². The van der Waals surface area contributed by atoms with E-state index in [0.29, 0.717) is 12.6 Å². The lowest BCUT2D eigenvalue weighted by molar-refractivity contribution is 0.159. The van der Waals surface area contributed by atoms with Gasteiger partial charge in [-0.2, -0.15) is 0 Å². The van der Waals surface area contributed by atoms with Crippen molar-refractivity contribution in [3.8, 4) is 0 Å². The summed E-state index contributed by atoms with van der Waals surface area (Å²) in [7, 11) is 1.85. The van der Waals surface area contributed by atoms with Gasteiger partial charge in [0, 0.05) is 31.9 Å². The minimum atomic E-state index is 0.122. The third-order valence-electron chi connectivity index (χ3n) is 3.37. The molecule has 1 fully saturated rings. The molecule has 2 amide bonds. The van der Waals surface area contributed by atoms with Crippen molar-refractivity contribution in [3.05, 3.63) is 29.8 Å². The number of nitrogens with zero attached hydrogens (tertiary/aromatic N) is 2. The second-order valence-electron chi connectivity index (χ2n) is 4.90. The highest BCUT2D eigenvalue weighted by Crippen LogP contribution is 2.29. The number of nitrogens with two attached hydrogens (primary N) is 1. The second kappa shape index (κ2) is 5.29. The SMILES string of the molecule is CCN(C)C(=O)N(Cc1ccc(N)cc1)C1CC1. The van der Waals surface area contributed by atoms with Gasteiger partial charge in [-0.05, 0) is 37.5 Å². The number of rotatable bonds is 4. The van der Waals surface area contributed by atoms with Crippen LogP contribution in [0.2, 0.25) is 0 Å². The van der Waals surface area contributed by atoms with Crippen molar-refractivity contribution in [2.24, 2.45) is 0 Å². The minimum absolute atomic E-state index is 0.122. The van der Waals surface area contributed by atoms with E-state index in [0.717, 1.165) is 30.6 Å². The van der Waals surface area contributed by atoms with Gasteiger partial charge < -0.3 is 15.5 Å². The van der Waals surface area contributed by atoms with Gasteiger partial charge in [0.15, 0.2) is 0 Å². The van der Waals surface area contributed by atoms with Crippen molar-refractivity contribution in [1.29, 1.82) is 0 Å². The van der Waals surface area contributed by atoms with Crippen LogP contribution in [0.25, 0.3) is 0 Å². The number of carbonyl (C=O) groups excluding carboxylic acids is 1. The number of hydrogen-bond donors (Lipinski definition) is 1. The molecule has 1 aliphatic rings. The number of carbonyl (C=O) groups is 1. The van der Waals surface area contributed by atoms with E-state index in [1.807, 2.05) is 43.1 Å². The Balaban J connectivity index is 2.06. The Morgan fingerprint density at radius 2 is 1.94 bits per heavy atom. The molecule has 0 saturated heterocycles. The van der Waals surface area contributed by atoms with Gasteiger partial charge in [0.1, 0.15) is 0 Å². The summed E-state index contributed by atoms with van der Waals surface area (Å²) < 4.78 is 0. The fourth-order valence-electron chi connectivity index (χ4n) is 1.91. The van der Waals surface area contributed by atoms with Gasteiger partial charge in [-0.15, -0.1) is 0 Å². The zero-order chi connectivity index (χ0) is 13.1. The molecular weight excluding hydrogens is 226 g/mol. The van der Waals surface area contributed by atoms with Crippen LogP contribution in [-0.2, 0) is 6.54 Å². The maximum absolute atomic E-state index is 12.3. The normalized spacial score (nSPS) is 14.3. The molecule has 0 bridgehead atoms. The maximum Gasteiger partial charge on any atom is 0.320 e. The quantitative estimate of drug-likeness (QED) is 0.830. The number of amides is 2. The molecular formula is C14H21N3O. The zero-order valence-corrected chi connectivity index (χ0v) is 11.1. The average Bonchev–Trinajstić information content (AvgIpc) is 3.20. The van der Waals surface area contributed by atoms with Crippen LogP contribution in [0.4, 0.5) is 10.5 Å². The molecule has 0 atom stereocenters. The summed E-state index contributed by atoms with van der Waals surface area (Å²) in [5, 5.41) is 0. The molecule has 4 nitrogen and oxygen atoms in total. The monoisotopic (exact) mass is 247 g/mol. The van der Waals surface area contributed by atoms with Crippen LogP contribution in [0.1, 0.15) is 25.3 Å². The number of urea groups is 1. The third kappa shape index (κ3) is 2.94. The highest BCUT2D eigenvalue weighted by atomic mass is 16.2. The lowest BCUT2D eigenvalue weighted by Crippen LogP contribution is -2.41. The topological polar surface area (TPSA) is 49.6 Å². The molecule has 0 aliphatic heterocycles. The first kappa shape index (κ1) is 12.7. The molecule has 18 heavy (non-hydrogen) atoms.